The number of rotatable bonds is 4. The molecule has 1 saturated heterocycles. The molecule has 0 aliphatic carbocycles. The van der Waals surface area contributed by atoms with Crippen molar-refractivity contribution in [2.45, 2.75) is 25.0 Å². The Bertz CT molecular complexity index is 523. The summed E-state index contributed by atoms with van der Waals surface area (Å²) in [7, 11) is 0. The van der Waals surface area contributed by atoms with Gasteiger partial charge in [0, 0.05) is 0 Å². The van der Waals surface area contributed by atoms with E-state index in [0.29, 0.717) is 5.06 Å². The van der Waals surface area contributed by atoms with Gasteiger partial charge in [0.1, 0.15) is 6.61 Å². The Morgan fingerprint density at radius 3 is 2.25 bits per heavy atom. The number of amides is 2. The molecular weight excluding hydrogens is 266 g/mol. The van der Waals surface area contributed by atoms with Crippen LogP contribution in [0.2, 0.25) is 0 Å². The molecular formula is C13H13NO6. The summed E-state index contributed by atoms with van der Waals surface area (Å²) in [5.41, 5.74) is -1.59. The number of imide groups is 1. The normalized spacial score (nSPS) is 18.1. The highest BCUT2D eigenvalue weighted by molar-refractivity contribution is 6.02. The third-order valence-electron chi connectivity index (χ3n) is 2.94. The van der Waals surface area contributed by atoms with Gasteiger partial charge < -0.3 is 10.2 Å². The molecule has 2 N–H and O–H groups in total. The minimum atomic E-state index is -2.35. The SMILES string of the molecule is O=C1CC(O)(C(=O)O)CC(=O)N1OCc1ccccc1. The lowest BCUT2D eigenvalue weighted by molar-refractivity contribution is -0.215. The lowest BCUT2D eigenvalue weighted by Crippen LogP contribution is -2.54. The monoisotopic (exact) mass is 279 g/mol. The molecule has 7 heteroatoms. The van der Waals surface area contributed by atoms with Crippen molar-refractivity contribution in [2.24, 2.45) is 0 Å². The van der Waals surface area contributed by atoms with Gasteiger partial charge >= 0.3 is 5.97 Å². The first-order valence-corrected chi connectivity index (χ1v) is 5.91. The number of benzene rings is 1. The quantitative estimate of drug-likeness (QED) is 0.756. The van der Waals surface area contributed by atoms with Crippen LogP contribution in [-0.2, 0) is 25.8 Å². The van der Waals surface area contributed by atoms with Gasteiger partial charge in [0.2, 0.25) is 0 Å². The third kappa shape index (κ3) is 2.84. The van der Waals surface area contributed by atoms with Gasteiger partial charge in [-0.3, -0.25) is 14.4 Å². The fourth-order valence-electron chi connectivity index (χ4n) is 1.85. The van der Waals surface area contributed by atoms with Crippen LogP contribution in [0.15, 0.2) is 30.3 Å². The molecule has 0 unspecified atom stereocenters. The van der Waals surface area contributed by atoms with Crippen molar-refractivity contribution in [1.82, 2.24) is 5.06 Å². The van der Waals surface area contributed by atoms with Crippen molar-refractivity contribution >= 4 is 17.8 Å². The van der Waals surface area contributed by atoms with Crippen molar-refractivity contribution in [1.29, 1.82) is 0 Å². The van der Waals surface area contributed by atoms with Crippen LogP contribution in [0.3, 0.4) is 0 Å². The van der Waals surface area contributed by atoms with Crippen LogP contribution in [0.4, 0.5) is 0 Å². The minimum Gasteiger partial charge on any atom is -0.479 e. The highest BCUT2D eigenvalue weighted by atomic mass is 16.7. The maximum Gasteiger partial charge on any atom is 0.336 e. The molecule has 2 rings (SSSR count). The molecule has 1 heterocycles. The van der Waals surface area contributed by atoms with Crippen LogP contribution in [-0.4, -0.2) is 38.7 Å². The predicted octanol–water partition coefficient (Wildman–Crippen LogP) is 0.0829. The Kier molecular flexibility index (Phi) is 3.82. The molecule has 106 valence electrons. The van der Waals surface area contributed by atoms with E-state index < -0.39 is 36.2 Å². The van der Waals surface area contributed by atoms with Gasteiger partial charge in [-0.2, -0.15) is 5.06 Å². The van der Waals surface area contributed by atoms with Crippen LogP contribution in [0.5, 0.6) is 0 Å². The lowest BCUT2D eigenvalue weighted by atomic mass is 9.91. The van der Waals surface area contributed by atoms with Gasteiger partial charge in [-0.05, 0) is 5.56 Å². The Balaban J connectivity index is 2.02. The smallest absolute Gasteiger partial charge is 0.336 e. The number of hydrogen-bond acceptors (Lipinski definition) is 5. The van der Waals surface area contributed by atoms with Crippen molar-refractivity contribution in [3.8, 4) is 0 Å². The molecule has 0 spiro atoms. The van der Waals surface area contributed by atoms with Crippen LogP contribution < -0.4 is 0 Å². The number of hydroxylamine groups is 2. The Labute approximate surface area is 114 Å². The number of carboxylic acids is 1. The maximum absolute atomic E-state index is 11.7. The van der Waals surface area contributed by atoms with E-state index in [9.17, 15) is 19.5 Å². The molecule has 1 fully saturated rings. The third-order valence-corrected chi connectivity index (χ3v) is 2.94. The number of carbonyl (C=O) groups is 3. The topological polar surface area (TPSA) is 104 Å². The van der Waals surface area contributed by atoms with E-state index in [1.165, 1.54) is 0 Å². The molecule has 2 amide bonds. The van der Waals surface area contributed by atoms with Crippen LogP contribution in [0.1, 0.15) is 18.4 Å². The number of nitrogens with zero attached hydrogens (tertiary/aromatic N) is 1. The van der Waals surface area contributed by atoms with Gasteiger partial charge in [-0.1, -0.05) is 30.3 Å². The molecule has 0 aromatic heterocycles. The fourth-order valence-corrected chi connectivity index (χ4v) is 1.85. The zero-order valence-corrected chi connectivity index (χ0v) is 10.5. The van der Waals surface area contributed by atoms with Gasteiger partial charge in [-0.15, -0.1) is 0 Å². The summed E-state index contributed by atoms with van der Waals surface area (Å²) in [4.78, 5) is 39.3. The van der Waals surface area contributed by atoms with E-state index in [2.05, 4.69) is 0 Å². The highest BCUT2D eigenvalue weighted by Crippen LogP contribution is 2.25. The van der Waals surface area contributed by atoms with Crippen molar-refractivity contribution < 1.29 is 29.4 Å². The second-order valence-corrected chi connectivity index (χ2v) is 4.53. The highest BCUT2D eigenvalue weighted by Gasteiger charge is 2.48. The summed E-state index contributed by atoms with van der Waals surface area (Å²) in [6.07, 6.45) is -1.38. The largest absolute Gasteiger partial charge is 0.479 e. The number of carbonyl (C=O) groups excluding carboxylic acids is 2. The zero-order valence-electron chi connectivity index (χ0n) is 10.5. The number of aliphatic carboxylic acids is 1. The van der Waals surface area contributed by atoms with Crippen molar-refractivity contribution in [3.05, 3.63) is 35.9 Å². The summed E-state index contributed by atoms with van der Waals surface area (Å²) in [5, 5.41) is 19.0. The molecule has 0 radical (unpaired) electrons. The number of aliphatic hydroxyl groups is 1. The lowest BCUT2D eigenvalue weighted by Gasteiger charge is -2.32. The van der Waals surface area contributed by atoms with E-state index in [4.69, 9.17) is 9.94 Å². The van der Waals surface area contributed by atoms with Crippen LogP contribution >= 0.6 is 0 Å². The van der Waals surface area contributed by atoms with Gasteiger partial charge in [0.25, 0.3) is 11.8 Å². The molecule has 20 heavy (non-hydrogen) atoms. The van der Waals surface area contributed by atoms with E-state index in [1.807, 2.05) is 6.07 Å². The zero-order chi connectivity index (χ0) is 14.8. The summed E-state index contributed by atoms with van der Waals surface area (Å²) in [5.74, 6) is -3.34. The molecule has 0 bridgehead atoms. The summed E-state index contributed by atoms with van der Waals surface area (Å²) in [6.45, 7) is 0.00379. The molecule has 1 aliphatic rings. The summed E-state index contributed by atoms with van der Waals surface area (Å²) in [6, 6.07) is 8.88. The average Bonchev–Trinajstić information content (AvgIpc) is 2.38. The molecule has 0 saturated carbocycles. The van der Waals surface area contributed by atoms with Crippen molar-refractivity contribution in [3.63, 3.8) is 0 Å². The second-order valence-electron chi connectivity index (χ2n) is 4.53. The summed E-state index contributed by atoms with van der Waals surface area (Å²) >= 11 is 0. The average molecular weight is 279 g/mol. The van der Waals surface area contributed by atoms with Crippen LogP contribution in [0, 0.1) is 0 Å². The molecule has 0 atom stereocenters. The number of piperidine rings is 1. The molecule has 1 aromatic rings. The van der Waals surface area contributed by atoms with Crippen LogP contribution in [0.25, 0.3) is 0 Å². The fraction of sp³-hybridized carbons (Fsp3) is 0.308. The maximum atomic E-state index is 11.7. The first-order valence-electron chi connectivity index (χ1n) is 5.91. The first-order chi connectivity index (χ1) is 9.42. The van der Waals surface area contributed by atoms with E-state index in [0.717, 1.165) is 5.56 Å². The number of hydrogen-bond donors (Lipinski definition) is 2. The minimum absolute atomic E-state index is 0.00379. The second kappa shape index (κ2) is 5.40. The summed E-state index contributed by atoms with van der Waals surface area (Å²) < 4.78 is 0. The Hall–Kier alpha value is -2.25. The molecule has 1 aliphatic heterocycles. The van der Waals surface area contributed by atoms with Crippen molar-refractivity contribution in [2.75, 3.05) is 0 Å². The Morgan fingerprint density at radius 2 is 1.75 bits per heavy atom. The van der Waals surface area contributed by atoms with Gasteiger partial charge in [0.05, 0.1) is 12.8 Å². The predicted molar refractivity (Wildman–Crippen MR) is 64.9 cm³/mol. The van der Waals surface area contributed by atoms with E-state index >= 15 is 0 Å². The molecule has 1 aromatic carbocycles. The number of carboxylic acid groups (broad SMARTS) is 1. The van der Waals surface area contributed by atoms with Gasteiger partial charge in [0.15, 0.2) is 5.60 Å². The Morgan fingerprint density at radius 1 is 1.20 bits per heavy atom. The first kappa shape index (κ1) is 14.2. The molecule has 7 nitrogen and oxygen atoms in total. The van der Waals surface area contributed by atoms with Gasteiger partial charge in [-0.25, -0.2) is 4.79 Å². The van der Waals surface area contributed by atoms with E-state index in [1.54, 1.807) is 24.3 Å². The van der Waals surface area contributed by atoms with E-state index in [-0.39, 0.29) is 6.61 Å². The standard InChI is InChI=1S/C13H13NO6/c15-10-6-13(19,12(17)18)7-11(16)14(10)20-8-9-4-2-1-3-5-9/h1-5,19H,6-8H2,(H,17,18).